The summed E-state index contributed by atoms with van der Waals surface area (Å²) in [4.78, 5) is 63.2. The molecule has 0 spiro atoms. The number of Topliss-reactive ketones (excluding diaryl/α,β-unsaturated/α-hetero) is 1. The van der Waals surface area contributed by atoms with E-state index in [1.165, 1.54) is 30.3 Å². The Bertz CT molecular complexity index is 1140. The molecule has 9 nitrogen and oxygen atoms in total. The number of nitro benzene ring substituents is 1. The van der Waals surface area contributed by atoms with E-state index in [2.05, 4.69) is 0 Å². The molecule has 0 bridgehead atoms. The van der Waals surface area contributed by atoms with E-state index in [-0.39, 0.29) is 21.8 Å². The second-order valence-electron chi connectivity index (χ2n) is 8.06. The van der Waals surface area contributed by atoms with E-state index in [0.29, 0.717) is 12.8 Å². The van der Waals surface area contributed by atoms with E-state index in [4.69, 9.17) is 11.6 Å². The van der Waals surface area contributed by atoms with E-state index >= 15 is 0 Å². The number of imide groups is 1. The summed E-state index contributed by atoms with van der Waals surface area (Å²) in [5.41, 5.74) is -0.275. The summed E-state index contributed by atoms with van der Waals surface area (Å²) in [5.74, 6) is -3.52. The molecular formula is C23H20ClN3O6. The first-order chi connectivity index (χ1) is 15.8. The van der Waals surface area contributed by atoms with Crippen molar-refractivity contribution in [3.8, 4) is 0 Å². The van der Waals surface area contributed by atoms with Crippen molar-refractivity contribution in [2.45, 2.75) is 25.7 Å². The summed E-state index contributed by atoms with van der Waals surface area (Å²) in [6, 6.07) is 11.2. The van der Waals surface area contributed by atoms with Crippen LogP contribution in [0, 0.1) is 22.0 Å². The Morgan fingerprint density at radius 3 is 2.27 bits per heavy atom. The lowest BCUT2D eigenvalue weighted by atomic mass is 9.81. The Balaban J connectivity index is 1.71. The number of hydrogen-bond acceptors (Lipinski definition) is 6. The molecule has 2 aromatic carbocycles. The van der Waals surface area contributed by atoms with Crippen molar-refractivity contribution in [2.24, 2.45) is 11.8 Å². The third kappa shape index (κ3) is 4.23. The number of ketones is 1. The van der Waals surface area contributed by atoms with Crippen LogP contribution in [0.1, 0.15) is 46.4 Å². The number of amides is 3. The lowest BCUT2D eigenvalue weighted by molar-refractivity contribution is -0.384. The molecule has 2 fully saturated rings. The maximum atomic E-state index is 13.4. The van der Waals surface area contributed by atoms with Crippen LogP contribution in [0.5, 0.6) is 0 Å². The molecule has 2 atom stereocenters. The molecule has 3 amide bonds. The van der Waals surface area contributed by atoms with Crippen LogP contribution in [0.2, 0.25) is 5.02 Å². The summed E-state index contributed by atoms with van der Waals surface area (Å²) in [7, 11) is 0. The van der Waals surface area contributed by atoms with Gasteiger partial charge in [0, 0.05) is 17.7 Å². The first-order valence-corrected chi connectivity index (χ1v) is 10.9. The molecule has 0 N–H and O–H groups in total. The van der Waals surface area contributed by atoms with E-state index in [1.54, 1.807) is 12.1 Å². The number of carbonyl (C=O) groups excluding carboxylic acids is 4. The van der Waals surface area contributed by atoms with Gasteiger partial charge in [0.2, 0.25) is 0 Å². The van der Waals surface area contributed by atoms with Gasteiger partial charge in [-0.25, -0.2) is 5.01 Å². The SMILES string of the molecule is O=C(CN(C(=O)c1ccccc1Cl)N1C(=O)[C@H]2CCCC[C@@H]2C1=O)c1cccc([N+](=O)[O-])c1. The molecule has 1 aliphatic heterocycles. The van der Waals surface area contributed by atoms with Crippen molar-refractivity contribution in [2.75, 3.05) is 6.54 Å². The van der Waals surface area contributed by atoms with Crippen LogP contribution < -0.4 is 0 Å². The molecule has 1 saturated heterocycles. The zero-order valence-corrected chi connectivity index (χ0v) is 18.2. The number of fused-ring (bicyclic) bond motifs is 1. The lowest BCUT2D eigenvalue weighted by Gasteiger charge is -2.30. The van der Waals surface area contributed by atoms with Crippen LogP contribution in [0.25, 0.3) is 0 Å². The van der Waals surface area contributed by atoms with Crippen molar-refractivity contribution >= 4 is 40.8 Å². The Labute approximate surface area is 194 Å². The van der Waals surface area contributed by atoms with Gasteiger partial charge in [-0.05, 0) is 25.0 Å². The second-order valence-corrected chi connectivity index (χ2v) is 8.47. The van der Waals surface area contributed by atoms with Gasteiger partial charge in [0.05, 0.1) is 27.3 Å². The number of carbonyl (C=O) groups is 4. The fraction of sp³-hybridized carbons (Fsp3) is 0.304. The molecule has 0 unspecified atom stereocenters. The minimum absolute atomic E-state index is 0.0160. The molecule has 10 heteroatoms. The van der Waals surface area contributed by atoms with Crippen LogP contribution in [-0.2, 0) is 9.59 Å². The highest BCUT2D eigenvalue weighted by Gasteiger charge is 2.52. The van der Waals surface area contributed by atoms with Crippen LogP contribution in [0.15, 0.2) is 48.5 Å². The molecule has 2 aliphatic rings. The van der Waals surface area contributed by atoms with Crippen LogP contribution in [0.4, 0.5) is 5.69 Å². The molecule has 4 rings (SSSR count). The van der Waals surface area contributed by atoms with Gasteiger partial charge in [-0.15, -0.1) is 0 Å². The number of hydrazine groups is 1. The highest BCUT2D eigenvalue weighted by molar-refractivity contribution is 6.34. The Kier molecular flexibility index (Phi) is 6.24. The number of non-ortho nitro benzene ring substituents is 1. The van der Waals surface area contributed by atoms with Crippen molar-refractivity contribution in [3.63, 3.8) is 0 Å². The third-order valence-corrected chi connectivity index (χ3v) is 6.40. The smallest absolute Gasteiger partial charge is 0.274 e. The maximum Gasteiger partial charge on any atom is 0.274 e. The average Bonchev–Trinajstić information content (AvgIpc) is 3.07. The number of halogens is 1. The number of benzene rings is 2. The highest BCUT2D eigenvalue weighted by Crippen LogP contribution is 2.39. The zero-order chi connectivity index (χ0) is 23.7. The summed E-state index contributed by atoms with van der Waals surface area (Å²) >= 11 is 6.18. The second kappa shape index (κ2) is 9.11. The number of nitrogens with zero attached hydrogens (tertiary/aromatic N) is 3. The standard InChI is InChI=1S/C23H20ClN3O6/c24-19-11-4-3-10-18(19)21(29)25(13-20(28)14-6-5-7-15(12-14)27(32)33)26-22(30)16-8-1-2-9-17(16)23(26)31/h3-7,10-12,16-17H,1-2,8-9,13H2/t16-,17-/m0/s1. The Morgan fingerprint density at radius 1 is 1.03 bits per heavy atom. The first-order valence-electron chi connectivity index (χ1n) is 10.5. The Morgan fingerprint density at radius 2 is 1.67 bits per heavy atom. The monoisotopic (exact) mass is 469 g/mol. The third-order valence-electron chi connectivity index (χ3n) is 6.07. The summed E-state index contributed by atoms with van der Waals surface area (Å²) in [6.07, 6.45) is 2.69. The van der Waals surface area contributed by atoms with Gasteiger partial charge in [-0.3, -0.25) is 29.3 Å². The van der Waals surface area contributed by atoms with Crippen molar-refractivity contribution < 1.29 is 24.1 Å². The molecule has 0 radical (unpaired) electrons. The molecule has 1 heterocycles. The first kappa shape index (κ1) is 22.6. The van der Waals surface area contributed by atoms with Crippen LogP contribution in [0.3, 0.4) is 0 Å². The zero-order valence-electron chi connectivity index (χ0n) is 17.5. The van der Waals surface area contributed by atoms with Gasteiger partial charge in [0.15, 0.2) is 5.78 Å². The largest absolute Gasteiger partial charge is 0.292 e. The average molecular weight is 470 g/mol. The topological polar surface area (TPSA) is 118 Å². The number of hydrogen-bond donors (Lipinski definition) is 0. The van der Waals surface area contributed by atoms with Gasteiger partial charge >= 0.3 is 0 Å². The fourth-order valence-electron chi connectivity index (χ4n) is 4.41. The summed E-state index contributed by atoms with van der Waals surface area (Å²) in [6.45, 7) is -0.651. The normalized spacial score (nSPS) is 19.8. The van der Waals surface area contributed by atoms with E-state index in [0.717, 1.165) is 28.9 Å². The van der Waals surface area contributed by atoms with Gasteiger partial charge in [-0.1, -0.05) is 48.7 Å². The van der Waals surface area contributed by atoms with Crippen LogP contribution in [-0.4, -0.2) is 45.0 Å². The molecule has 1 aliphatic carbocycles. The molecule has 170 valence electrons. The van der Waals surface area contributed by atoms with E-state index in [1.807, 2.05) is 0 Å². The number of nitro groups is 1. The molecule has 33 heavy (non-hydrogen) atoms. The van der Waals surface area contributed by atoms with Gasteiger partial charge in [0.25, 0.3) is 23.4 Å². The Hall–Kier alpha value is -3.59. The molecular weight excluding hydrogens is 450 g/mol. The lowest BCUT2D eigenvalue weighted by Crippen LogP contribution is -2.52. The molecule has 0 aromatic heterocycles. The molecule has 1 saturated carbocycles. The van der Waals surface area contributed by atoms with Crippen LogP contribution >= 0.6 is 11.6 Å². The van der Waals surface area contributed by atoms with Gasteiger partial charge in [0.1, 0.15) is 6.54 Å². The highest BCUT2D eigenvalue weighted by atomic mass is 35.5. The van der Waals surface area contributed by atoms with Gasteiger partial charge < -0.3 is 0 Å². The number of rotatable bonds is 6. The fourth-order valence-corrected chi connectivity index (χ4v) is 4.63. The van der Waals surface area contributed by atoms with Crippen molar-refractivity contribution in [1.82, 2.24) is 10.0 Å². The van der Waals surface area contributed by atoms with E-state index in [9.17, 15) is 29.3 Å². The predicted octanol–water partition coefficient (Wildman–Crippen LogP) is 3.66. The minimum atomic E-state index is -0.778. The minimum Gasteiger partial charge on any atom is -0.292 e. The quantitative estimate of drug-likeness (QED) is 0.276. The van der Waals surface area contributed by atoms with Crippen molar-refractivity contribution in [1.29, 1.82) is 0 Å². The van der Waals surface area contributed by atoms with Gasteiger partial charge in [-0.2, -0.15) is 5.01 Å². The predicted molar refractivity (Wildman–Crippen MR) is 117 cm³/mol. The van der Waals surface area contributed by atoms with E-state index < -0.39 is 46.8 Å². The summed E-state index contributed by atoms with van der Waals surface area (Å²) < 4.78 is 0. The van der Waals surface area contributed by atoms with Crippen molar-refractivity contribution in [3.05, 3.63) is 74.8 Å². The molecule has 2 aromatic rings. The summed E-state index contributed by atoms with van der Waals surface area (Å²) in [5, 5.41) is 12.8. The maximum absolute atomic E-state index is 13.4.